The van der Waals surface area contributed by atoms with Gasteiger partial charge in [-0.05, 0) is 12.1 Å². The SMILES string of the molecule is COC1CC(=O)C[C@@H](OC(=O)c2ccccc2)C1OC. The summed E-state index contributed by atoms with van der Waals surface area (Å²) in [5.74, 6) is -0.446. The van der Waals surface area contributed by atoms with E-state index in [4.69, 9.17) is 14.2 Å². The molecular formula is C15H18O5. The van der Waals surface area contributed by atoms with Gasteiger partial charge in [0.2, 0.25) is 0 Å². The fourth-order valence-corrected chi connectivity index (χ4v) is 2.41. The lowest BCUT2D eigenvalue weighted by Crippen LogP contribution is -2.48. The fraction of sp³-hybridized carbons (Fsp3) is 0.467. The molecule has 1 saturated carbocycles. The van der Waals surface area contributed by atoms with Gasteiger partial charge in [-0.2, -0.15) is 0 Å². The van der Waals surface area contributed by atoms with Crippen molar-refractivity contribution in [2.45, 2.75) is 31.2 Å². The largest absolute Gasteiger partial charge is 0.455 e. The molecule has 1 aliphatic rings. The Labute approximate surface area is 117 Å². The van der Waals surface area contributed by atoms with Gasteiger partial charge in [-0.25, -0.2) is 4.79 Å². The first-order valence-electron chi connectivity index (χ1n) is 6.49. The van der Waals surface area contributed by atoms with Gasteiger partial charge < -0.3 is 14.2 Å². The van der Waals surface area contributed by atoms with Gasteiger partial charge in [0.05, 0.1) is 11.7 Å². The van der Waals surface area contributed by atoms with Crippen LogP contribution in [0.1, 0.15) is 23.2 Å². The molecule has 108 valence electrons. The number of carbonyl (C=O) groups is 2. The Morgan fingerprint density at radius 1 is 1.05 bits per heavy atom. The second-order valence-corrected chi connectivity index (χ2v) is 4.73. The van der Waals surface area contributed by atoms with E-state index < -0.39 is 18.2 Å². The van der Waals surface area contributed by atoms with Crippen LogP contribution in [0.25, 0.3) is 0 Å². The van der Waals surface area contributed by atoms with Crippen molar-refractivity contribution in [3.63, 3.8) is 0 Å². The highest BCUT2D eigenvalue weighted by molar-refractivity contribution is 5.90. The van der Waals surface area contributed by atoms with E-state index in [0.717, 1.165) is 0 Å². The zero-order valence-electron chi connectivity index (χ0n) is 11.6. The molecule has 2 unspecified atom stereocenters. The van der Waals surface area contributed by atoms with Crippen LogP contribution >= 0.6 is 0 Å². The summed E-state index contributed by atoms with van der Waals surface area (Å²) < 4.78 is 16.0. The topological polar surface area (TPSA) is 61.8 Å². The van der Waals surface area contributed by atoms with Crippen LogP contribution in [0.4, 0.5) is 0 Å². The number of ketones is 1. The molecule has 0 aromatic heterocycles. The zero-order valence-corrected chi connectivity index (χ0v) is 11.6. The standard InChI is InChI=1S/C15H18O5/c1-18-12-8-11(16)9-13(14(12)19-2)20-15(17)10-6-4-3-5-7-10/h3-7,12-14H,8-9H2,1-2H3/t12?,13-,14?/m1/s1. The Balaban J connectivity index is 2.09. The molecule has 0 N–H and O–H groups in total. The molecule has 0 radical (unpaired) electrons. The summed E-state index contributed by atoms with van der Waals surface area (Å²) in [5, 5.41) is 0. The molecule has 0 bridgehead atoms. The van der Waals surface area contributed by atoms with Gasteiger partial charge in [-0.3, -0.25) is 4.79 Å². The van der Waals surface area contributed by atoms with Crippen LogP contribution in [0.15, 0.2) is 30.3 Å². The third-order valence-corrected chi connectivity index (χ3v) is 3.43. The van der Waals surface area contributed by atoms with Crippen molar-refractivity contribution in [2.75, 3.05) is 14.2 Å². The summed E-state index contributed by atoms with van der Waals surface area (Å²) in [7, 11) is 3.04. The van der Waals surface area contributed by atoms with Gasteiger partial charge in [0.15, 0.2) is 0 Å². The van der Waals surface area contributed by atoms with E-state index in [1.165, 1.54) is 14.2 Å². The number of esters is 1. The second-order valence-electron chi connectivity index (χ2n) is 4.73. The van der Waals surface area contributed by atoms with Crippen molar-refractivity contribution < 1.29 is 23.8 Å². The molecule has 0 spiro atoms. The predicted molar refractivity (Wildman–Crippen MR) is 71.5 cm³/mol. The number of hydrogen-bond acceptors (Lipinski definition) is 5. The summed E-state index contributed by atoms with van der Waals surface area (Å²) in [6.45, 7) is 0. The number of Topliss-reactive ketones (excluding diaryl/α,β-unsaturated/α-hetero) is 1. The molecule has 3 atom stereocenters. The first-order valence-corrected chi connectivity index (χ1v) is 6.49. The van der Waals surface area contributed by atoms with Crippen LogP contribution in [-0.2, 0) is 19.0 Å². The van der Waals surface area contributed by atoms with Gasteiger partial charge >= 0.3 is 5.97 Å². The van der Waals surface area contributed by atoms with E-state index in [-0.39, 0.29) is 24.7 Å². The molecule has 0 saturated heterocycles. The predicted octanol–water partition coefficient (Wildman–Crippen LogP) is 1.60. The van der Waals surface area contributed by atoms with Crippen LogP contribution < -0.4 is 0 Å². The third kappa shape index (κ3) is 3.23. The molecule has 1 aromatic carbocycles. The highest BCUT2D eigenvalue weighted by atomic mass is 16.6. The molecule has 1 aliphatic carbocycles. The average Bonchev–Trinajstić information content (AvgIpc) is 2.47. The number of ether oxygens (including phenoxy) is 3. The summed E-state index contributed by atoms with van der Waals surface area (Å²) in [6.07, 6.45) is -0.968. The first-order chi connectivity index (χ1) is 9.65. The van der Waals surface area contributed by atoms with E-state index in [1.807, 2.05) is 6.07 Å². The molecule has 20 heavy (non-hydrogen) atoms. The van der Waals surface area contributed by atoms with E-state index in [2.05, 4.69) is 0 Å². The van der Waals surface area contributed by atoms with Crippen molar-refractivity contribution >= 4 is 11.8 Å². The van der Waals surface area contributed by atoms with Gasteiger partial charge in [-0.1, -0.05) is 18.2 Å². The molecule has 0 heterocycles. The normalized spacial score (nSPS) is 26.3. The van der Waals surface area contributed by atoms with Crippen molar-refractivity contribution in [2.24, 2.45) is 0 Å². The molecule has 5 nitrogen and oxygen atoms in total. The quantitative estimate of drug-likeness (QED) is 0.783. The zero-order chi connectivity index (χ0) is 14.5. The Hall–Kier alpha value is -1.72. The van der Waals surface area contributed by atoms with Crippen molar-refractivity contribution in [1.82, 2.24) is 0 Å². The van der Waals surface area contributed by atoms with Gasteiger partial charge in [0, 0.05) is 27.1 Å². The Morgan fingerprint density at radius 2 is 1.70 bits per heavy atom. The molecular weight excluding hydrogens is 260 g/mol. The van der Waals surface area contributed by atoms with E-state index >= 15 is 0 Å². The Bertz CT molecular complexity index is 470. The van der Waals surface area contributed by atoms with E-state index in [0.29, 0.717) is 5.56 Å². The lowest BCUT2D eigenvalue weighted by molar-refractivity contribution is -0.148. The van der Waals surface area contributed by atoms with E-state index in [9.17, 15) is 9.59 Å². The fourth-order valence-electron chi connectivity index (χ4n) is 2.41. The van der Waals surface area contributed by atoms with Crippen molar-refractivity contribution in [3.8, 4) is 0 Å². The number of hydrogen-bond donors (Lipinski definition) is 0. The maximum absolute atomic E-state index is 12.0. The molecule has 0 aliphatic heterocycles. The Kier molecular flexibility index (Phi) is 4.87. The molecule has 0 amide bonds. The highest BCUT2D eigenvalue weighted by Gasteiger charge is 2.40. The summed E-state index contributed by atoms with van der Waals surface area (Å²) >= 11 is 0. The minimum Gasteiger partial charge on any atom is -0.455 e. The summed E-state index contributed by atoms with van der Waals surface area (Å²) in [5.41, 5.74) is 0.453. The third-order valence-electron chi connectivity index (χ3n) is 3.43. The highest BCUT2D eigenvalue weighted by Crippen LogP contribution is 2.24. The maximum atomic E-state index is 12.0. The van der Waals surface area contributed by atoms with Gasteiger partial charge in [0.25, 0.3) is 0 Å². The lowest BCUT2D eigenvalue weighted by atomic mass is 9.90. The number of methoxy groups -OCH3 is 2. The Morgan fingerprint density at radius 3 is 2.30 bits per heavy atom. The van der Waals surface area contributed by atoms with Crippen LogP contribution in [0.5, 0.6) is 0 Å². The van der Waals surface area contributed by atoms with Crippen LogP contribution in [0.3, 0.4) is 0 Å². The monoisotopic (exact) mass is 278 g/mol. The van der Waals surface area contributed by atoms with Crippen LogP contribution in [0.2, 0.25) is 0 Å². The molecule has 1 fully saturated rings. The molecule has 1 aromatic rings. The number of rotatable bonds is 4. The summed E-state index contributed by atoms with van der Waals surface area (Å²) in [4.78, 5) is 23.7. The first kappa shape index (κ1) is 14.7. The van der Waals surface area contributed by atoms with Crippen LogP contribution in [-0.4, -0.2) is 44.3 Å². The van der Waals surface area contributed by atoms with Gasteiger partial charge in [-0.15, -0.1) is 0 Å². The number of carbonyl (C=O) groups excluding carboxylic acids is 2. The average molecular weight is 278 g/mol. The lowest BCUT2D eigenvalue weighted by Gasteiger charge is -2.34. The van der Waals surface area contributed by atoms with Crippen molar-refractivity contribution in [3.05, 3.63) is 35.9 Å². The van der Waals surface area contributed by atoms with Crippen molar-refractivity contribution in [1.29, 1.82) is 0 Å². The van der Waals surface area contributed by atoms with E-state index in [1.54, 1.807) is 24.3 Å². The van der Waals surface area contributed by atoms with Crippen LogP contribution in [0, 0.1) is 0 Å². The minimum absolute atomic E-state index is 0.0102. The summed E-state index contributed by atoms with van der Waals surface area (Å²) in [6, 6.07) is 8.67. The maximum Gasteiger partial charge on any atom is 0.338 e. The molecule has 5 heteroatoms. The molecule has 2 rings (SSSR count). The smallest absolute Gasteiger partial charge is 0.338 e. The second kappa shape index (κ2) is 6.63. The minimum atomic E-state index is -0.612. The number of benzene rings is 1. The van der Waals surface area contributed by atoms with Gasteiger partial charge in [0.1, 0.15) is 18.0 Å².